The van der Waals surface area contributed by atoms with Crippen LogP contribution in [0, 0.1) is 10.1 Å². The van der Waals surface area contributed by atoms with Crippen LogP contribution in [-0.2, 0) is 4.79 Å². The highest BCUT2D eigenvalue weighted by Gasteiger charge is 2.30. The molecule has 18 heavy (non-hydrogen) atoms. The number of alkyl halides is 1. The standard InChI is InChI=1S/C11H11ClN2O4/c1-7-6-18-10-3-2-8(14(16)17)4-9(10)13(7)11(15)5-12/h2-4,7H,5-6H2,1H3. The van der Waals surface area contributed by atoms with Crippen molar-refractivity contribution in [3.8, 4) is 5.75 Å². The fourth-order valence-electron chi connectivity index (χ4n) is 1.90. The third-order valence-electron chi connectivity index (χ3n) is 2.72. The number of fused-ring (bicyclic) bond motifs is 1. The Morgan fingerprint density at radius 3 is 3.00 bits per heavy atom. The van der Waals surface area contributed by atoms with Gasteiger partial charge in [-0.3, -0.25) is 14.9 Å². The largest absolute Gasteiger partial charge is 0.489 e. The second-order valence-corrected chi connectivity index (χ2v) is 4.23. The van der Waals surface area contributed by atoms with Crippen molar-refractivity contribution < 1.29 is 14.5 Å². The van der Waals surface area contributed by atoms with Crippen molar-refractivity contribution in [1.82, 2.24) is 0 Å². The number of halogens is 1. The predicted octanol–water partition coefficient (Wildman–Crippen LogP) is 1.95. The molecular formula is C11H11ClN2O4. The lowest BCUT2D eigenvalue weighted by atomic mass is 10.1. The minimum absolute atomic E-state index is 0.0844. The normalized spacial score (nSPS) is 17.9. The number of hydrogen-bond acceptors (Lipinski definition) is 4. The lowest BCUT2D eigenvalue weighted by Crippen LogP contribution is -2.45. The summed E-state index contributed by atoms with van der Waals surface area (Å²) in [6.45, 7) is 2.14. The summed E-state index contributed by atoms with van der Waals surface area (Å²) in [7, 11) is 0. The Labute approximate surface area is 108 Å². The van der Waals surface area contributed by atoms with E-state index in [1.165, 1.54) is 23.1 Å². The topological polar surface area (TPSA) is 72.7 Å². The van der Waals surface area contributed by atoms with E-state index >= 15 is 0 Å². The van der Waals surface area contributed by atoms with Gasteiger partial charge in [0, 0.05) is 12.1 Å². The molecule has 7 heteroatoms. The minimum Gasteiger partial charge on any atom is -0.489 e. The van der Waals surface area contributed by atoms with Gasteiger partial charge in [-0.15, -0.1) is 11.6 Å². The lowest BCUT2D eigenvalue weighted by molar-refractivity contribution is -0.384. The van der Waals surface area contributed by atoms with Crippen molar-refractivity contribution >= 4 is 28.9 Å². The van der Waals surface area contributed by atoms with E-state index in [1.807, 2.05) is 0 Å². The number of non-ortho nitro benzene ring substituents is 1. The maximum Gasteiger partial charge on any atom is 0.271 e. The van der Waals surface area contributed by atoms with E-state index in [9.17, 15) is 14.9 Å². The van der Waals surface area contributed by atoms with Crippen LogP contribution in [-0.4, -0.2) is 29.4 Å². The highest BCUT2D eigenvalue weighted by molar-refractivity contribution is 6.29. The van der Waals surface area contributed by atoms with E-state index in [2.05, 4.69) is 0 Å². The number of nitrogens with zero attached hydrogens (tertiary/aromatic N) is 2. The van der Waals surface area contributed by atoms with Gasteiger partial charge in [-0.05, 0) is 13.0 Å². The smallest absolute Gasteiger partial charge is 0.271 e. The summed E-state index contributed by atoms with van der Waals surface area (Å²) in [5, 5.41) is 10.7. The van der Waals surface area contributed by atoms with E-state index in [0.717, 1.165) is 0 Å². The zero-order valence-electron chi connectivity index (χ0n) is 9.63. The van der Waals surface area contributed by atoms with Crippen LogP contribution in [0.15, 0.2) is 18.2 Å². The third-order valence-corrected chi connectivity index (χ3v) is 2.95. The molecule has 0 saturated carbocycles. The summed E-state index contributed by atoms with van der Waals surface area (Å²) >= 11 is 5.55. The van der Waals surface area contributed by atoms with Crippen molar-refractivity contribution in [2.24, 2.45) is 0 Å². The first-order chi connectivity index (χ1) is 8.54. The molecule has 1 aromatic rings. The van der Waals surface area contributed by atoms with Gasteiger partial charge in [-0.1, -0.05) is 0 Å². The quantitative estimate of drug-likeness (QED) is 0.468. The Balaban J connectivity index is 2.49. The van der Waals surface area contributed by atoms with Gasteiger partial charge in [-0.2, -0.15) is 0 Å². The van der Waals surface area contributed by atoms with Gasteiger partial charge in [0.25, 0.3) is 5.69 Å². The highest BCUT2D eigenvalue weighted by atomic mass is 35.5. The zero-order valence-corrected chi connectivity index (χ0v) is 10.4. The van der Waals surface area contributed by atoms with Gasteiger partial charge in [0.05, 0.1) is 16.7 Å². The number of carbonyl (C=O) groups excluding carboxylic acids is 1. The van der Waals surface area contributed by atoms with E-state index in [4.69, 9.17) is 16.3 Å². The summed E-state index contributed by atoms with van der Waals surface area (Å²) in [6.07, 6.45) is 0. The predicted molar refractivity (Wildman–Crippen MR) is 66.3 cm³/mol. The van der Waals surface area contributed by atoms with Gasteiger partial charge < -0.3 is 9.64 Å². The Hall–Kier alpha value is -1.82. The summed E-state index contributed by atoms with van der Waals surface area (Å²) < 4.78 is 5.44. The van der Waals surface area contributed by atoms with Crippen LogP contribution in [0.2, 0.25) is 0 Å². The molecule has 0 spiro atoms. The molecule has 0 N–H and O–H groups in total. The fourth-order valence-corrected chi connectivity index (χ4v) is 2.03. The molecule has 1 atom stereocenters. The van der Waals surface area contributed by atoms with E-state index in [1.54, 1.807) is 6.92 Å². The van der Waals surface area contributed by atoms with E-state index < -0.39 is 4.92 Å². The van der Waals surface area contributed by atoms with E-state index in [-0.39, 0.29) is 23.5 Å². The molecule has 1 aromatic carbocycles. The molecule has 6 nitrogen and oxygen atoms in total. The number of ether oxygens (including phenoxy) is 1. The number of carbonyl (C=O) groups is 1. The Bertz CT molecular complexity index is 506. The first-order valence-corrected chi connectivity index (χ1v) is 5.87. The molecule has 1 aliphatic heterocycles. The van der Waals surface area contributed by atoms with Crippen LogP contribution in [0.1, 0.15) is 6.92 Å². The van der Waals surface area contributed by atoms with Crippen molar-refractivity contribution in [3.63, 3.8) is 0 Å². The third kappa shape index (κ3) is 2.11. The molecule has 0 fully saturated rings. The molecule has 1 aliphatic rings. The summed E-state index contributed by atoms with van der Waals surface area (Å²) in [6, 6.07) is 3.97. The van der Waals surface area contributed by atoms with Crippen molar-refractivity contribution in [3.05, 3.63) is 28.3 Å². The summed E-state index contributed by atoms with van der Waals surface area (Å²) in [5.74, 6) is -0.0154. The molecular weight excluding hydrogens is 260 g/mol. The molecule has 1 heterocycles. The van der Waals surface area contributed by atoms with Crippen LogP contribution in [0.4, 0.5) is 11.4 Å². The van der Waals surface area contributed by atoms with Gasteiger partial charge in [-0.25, -0.2) is 0 Å². The SMILES string of the molecule is CC1COc2ccc([N+](=O)[O-])cc2N1C(=O)CCl. The van der Waals surface area contributed by atoms with Crippen LogP contribution in [0.5, 0.6) is 5.75 Å². The number of amides is 1. The molecule has 96 valence electrons. The summed E-state index contributed by atoms with van der Waals surface area (Å²) in [4.78, 5) is 23.5. The number of rotatable bonds is 2. The minimum atomic E-state index is -0.511. The fraction of sp³-hybridized carbons (Fsp3) is 0.364. The zero-order chi connectivity index (χ0) is 13.3. The number of nitro groups is 1. The molecule has 0 bridgehead atoms. The first-order valence-electron chi connectivity index (χ1n) is 5.34. The lowest BCUT2D eigenvalue weighted by Gasteiger charge is -2.34. The molecule has 1 amide bonds. The van der Waals surface area contributed by atoms with Gasteiger partial charge >= 0.3 is 0 Å². The van der Waals surface area contributed by atoms with Crippen LogP contribution < -0.4 is 9.64 Å². The maximum absolute atomic E-state index is 11.8. The van der Waals surface area contributed by atoms with E-state index in [0.29, 0.717) is 18.0 Å². The monoisotopic (exact) mass is 270 g/mol. The maximum atomic E-state index is 11.8. The van der Waals surface area contributed by atoms with Gasteiger partial charge in [0.2, 0.25) is 5.91 Å². The molecule has 0 aliphatic carbocycles. The molecule has 0 saturated heterocycles. The molecule has 1 unspecified atom stereocenters. The number of hydrogen-bond donors (Lipinski definition) is 0. The highest BCUT2D eigenvalue weighted by Crippen LogP contribution is 2.36. The Morgan fingerprint density at radius 2 is 2.39 bits per heavy atom. The Kier molecular flexibility index (Phi) is 3.38. The van der Waals surface area contributed by atoms with Crippen molar-refractivity contribution in [2.45, 2.75) is 13.0 Å². The van der Waals surface area contributed by atoms with Crippen molar-refractivity contribution in [1.29, 1.82) is 0 Å². The number of anilines is 1. The Morgan fingerprint density at radius 1 is 1.67 bits per heavy atom. The van der Waals surface area contributed by atoms with Crippen LogP contribution in [0.25, 0.3) is 0 Å². The van der Waals surface area contributed by atoms with Gasteiger partial charge in [0.15, 0.2) is 0 Å². The first kappa shape index (κ1) is 12.6. The second-order valence-electron chi connectivity index (χ2n) is 3.97. The van der Waals surface area contributed by atoms with Crippen LogP contribution >= 0.6 is 11.6 Å². The van der Waals surface area contributed by atoms with Gasteiger partial charge in [0.1, 0.15) is 18.2 Å². The number of nitro benzene ring substituents is 1. The average molecular weight is 271 g/mol. The molecule has 0 aromatic heterocycles. The molecule has 0 radical (unpaired) electrons. The average Bonchev–Trinajstić information content (AvgIpc) is 2.37. The second kappa shape index (κ2) is 4.81. The number of benzene rings is 1. The summed E-state index contributed by atoms with van der Waals surface area (Å²) in [5.41, 5.74) is 0.312. The van der Waals surface area contributed by atoms with Crippen molar-refractivity contribution in [2.75, 3.05) is 17.4 Å². The molecule has 2 rings (SSSR count). The van der Waals surface area contributed by atoms with Crippen LogP contribution in [0.3, 0.4) is 0 Å².